The zero-order valence-electron chi connectivity index (χ0n) is 13.7. The van der Waals surface area contributed by atoms with Crippen LogP contribution in [0.1, 0.15) is 29.3 Å². The lowest BCUT2D eigenvalue weighted by atomic mass is 10.1. The number of aryl methyl sites for hydroxylation is 1. The fourth-order valence-corrected chi connectivity index (χ4v) is 5.49. The molecule has 0 aliphatic carbocycles. The molecule has 1 fully saturated rings. The number of benzene rings is 1. The van der Waals surface area contributed by atoms with Gasteiger partial charge in [0.1, 0.15) is 5.82 Å². The molecule has 1 aliphatic heterocycles. The van der Waals surface area contributed by atoms with E-state index in [2.05, 4.69) is 48.0 Å². The standard InChI is InChI=1S/C17H21N3O2S2/c1-3-9-20-16(15-8-10-24(21,22)12-15)18-19-17(20)23-11-14-6-4-13(2)5-7-14/h3-7,15H,1,8-12H2,2H3/t15-/m1/s1. The Hall–Kier alpha value is -1.60. The molecular weight excluding hydrogens is 342 g/mol. The minimum absolute atomic E-state index is 0.0591. The summed E-state index contributed by atoms with van der Waals surface area (Å²) in [4.78, 5) is 0. The van der Waals surface area contributed by atoms with Gasteiger partial charge in [0, 0.05) is 18.2 Å². The third-order valence-corrected chi connectivity index (χ3v) is 6.95. The van der Waals surface area contributed by atoms with Crippen molar-refractivity contribution in [2.24, 2.45) is 0 Å². The molecule has 2 heterocycles. The molecule has 0 unspecified atom stereocenters. The number of thioether (sulfide) groups is 1. The lowest BCUT2D eigenvalue weighted by Crippen LogP contribution is -2.11. The van der Waals surface area contributed by atoms with Crippen molar-refractivity contribution in [3.8, 4) is 0 Å². The van der Waals surface area contributed by atoms with Crippen LogP contribution in [0.5, 0.6) is 0 Å². The van der Waals surface area contributed by atoms with E-state index in [9.17, 15) is 8.42 Å². The summed E-state index contributed by atoms with van der Waals surface area (Å²) in [5.41, 5.74) is 2.46. The molecule has 5 nitrogen and oxygen atoms in total. The second-order valence-electron chi connectivity index (χ2n) is 6.11. The highest BCUT2D eigenvalue weighted by Crippen LogP contribution is 2.31. The van der Waals surface area contributed by atoms with Crippen molar-refractivity contribution in [1.82, 2.24) is 14.8 Å². The number of aromatic nitrogens is 3. The zero-order valence-corrected chi connectivity index (χ0v) is 15.3. The van der Waals surface area contributed by atoms with Crippen LogP contribution < -0.4 is 0 Å². The van der Waals surface area contributed by atoms with E-state index in [-0.39, 0.29) is 17.4 Å². The Morgan fingerprint density at radius 1 is 1.33 bits per heavy atom. The molecule has 1 aromatic heterocycles. The molecule has 1 saturated heterocycles. The molecule has 7 heteroatoms. The van der Waals surface area contributed by atoms with Crippen molar-refractivity contribution in [1.29, 1.82) is 0 Å². The predicted molar refractivity (Wildman–Crippen MR) is 97.0 cm³/mol. The number of nitrogens with zero attached hydrogens (tertiary/aromatic N) is 3. The van der Waals surface area contributed by atoms with Gasteiger partial charge in [-0.2, -0.15) is 0 Å². The Morgan fingerprint density at radius 3 is 2.71 bits per heavy atom. The quantitative estimate of drug-likeness (QED) is 0.583. The molecule has 1 aromatic carbocycles. The molecule has 0 radical (unpaired) electrons. The fourth-order valence-electron chi connectivity index (χ4n) is 2.84. The molecule has 0 bridgehead atoms. The molecule has 0 amide bonds. The first-order chi connectivity index (χ1) is 11.5. The molecule has 24 heavy (non-hydrogen) atoms. The van der Waals surface area contributed by atoms with Gasteiger partial charge in [0.2, 0.25) is 0 Å². The van der Waals surface area contributed by atoms with Crippen LogP contribution in [0.3, 0.4) is 0 Å². The number of hydrogen-bond acceptors (Lipinski definition) is 5. The van der Waals surface area contributed by atoms with E-state index in [0.717, 1.165) is 16.7 Å². The summed E-state index contributed by atoms with van der Waals surface area (Å²) in [6.07, 6.45) is 2.42. The third-order valence-electron chi connectivity index (χ3n) is 4.14. The van der Waals surface area contributed by atoms with Gasteiger partial charge in [-0.25, -0.2) is 8.42 Å². The van der Waals surface area contributed by atoms with Gasteiger partial charge in [0.15, 0.2) is 15.0 Å². The Labute approximate surface area is 147 Å². The van der Waals surface area contributed by atoms with Crippen molar-refractivity contribution in [2.75, 3.05) is 11.5 Å². The van der Waals surface area contributed by atoms with Crippen LogP contribution in [0.25, 0.3) is 0 Å². The molecule has 0 saturated carbocycles. The van der Waals surface area contributed by atoms with E-state index in [1.807, 2.05) is 4.57 Å². The van der Waals surface area contributed by atoms with Crippen molar-refractivity contribution in [3.63, 3.8) is 0 Å². The van der Waals surface area contributed by atoms with Crippen molar-refractivity contribution < 1.29 is 8.42 Å². The summed E-state index contributed by atoms with van der Waals surface area (Å²) >= 11 is 1.62. The second kappa shape index (κ2) is 7.11. The Kier molecular flexibility index (Phi) is 5.10. The van der Waals surface area contributed by atoms with Crippen molar-refractivity contribution in [2.45, 2.75) is 36.7 Å². The van der Waals surface area contributed by atoms with Crippen LogP contribution >= 0.6 is 11.8 Å². The van der Waals surface area contributed by atoms with Gasteiger partial charge in [-0.3, -0.25) is 0 Å². The van der Waals surface area contributed by atoms with Gasteiger partial charge in [-0.1, -0.05) is 47.7 Å². The van der Waals surface area contributed by atoms with Crippen LogP contribution in [0.4, 0.5) is 0 Å². The first kappa shape index (κ1) is 17.2. The Balaban J connectivity index is 1.78. The minimum Gasteiger partial charge on any atom is -0.302 e. The summed E-state index contributed by atoms with van der Waals surface area (Å²) in [6, 6.07) is 8.42. The van der Waals surface area contributed by atoms with Gasteiger partial charge in [-0.15, -0.1) is 16.8 Å². The smallest absolute Gasteiger partial charge is 0.191 e. The van der Waals surface area contributed by atoms with Crippen LogP contribution in [0.2, 0.25) is 0 Å². The highest BCUT2D eigenvalue weighted by atomic mass is 32.2. The average molecular weight is 364 g/mol. The first-order valence-corrected chi connectivity index (χ1v) is 10.7. The molecule has 1 atom stereocenters. The topological polar surface area (TPSA) is 64.8 Å². The first-order valence-electron chi connectivity index (χ1n) is 7.91. The van der Waals surface area contributed by atoms with E-state index in [0.29, 0.717) is 13.0 Å². The highest BCUT2D eigenvalue weighted by molar-refractivity contribution is 7.98. The number of hydrogen-bond donors (Lipinski definition) is 0. The van der Waals surface area contributed by atoms with E-state index in [4.69, 9.17) is 0 Å². The normalized spacial score (nSPS) is 19.5. The van der Waals surface area contributed by atoms with Crippen molar-refractivity contribution >= 4 is 21.6 Å². The van der Waals surface area contributed by atoms with Crippen LogP contribution in [-0.2, 0) is 22.1 Å². The summed E-state index contributed by atoms with van der Waals surface area (Å²) in [5.74, 6) is 1.92. The van der Waals surface area contributed by atoms with Crippen molar-refractivity contribution in [3.05, 3.63) is 53.9 Å². The van der Waals surface area contributed by atoms with E-state index < -0.39 is 9.84 Å². The molecule has 128 valence electrons. The summed E-state index contributed by atoms with van der Waals surface area (Å²) in [5, 5.41) is 9.40. The van der Waals surface area contributed by atoms with Gasteiger partial charge in [-0.05, 0) is 18.9 Å². The number of rotatable bonds is 6. The fraction of sp³-hybridized carbons (Fsp3) is 0.412. The Bertz CT molecular complexity index is 826. The van der Waals surface area contributed by atoms with Gasteiger partial charge >= 0.3 is 0 Å². The largest absolute Gasteiger partial charge is 0.302 e. The summed E-state index contributed by atoms with van der Waals surface area (Å²) < 4.78 is 25.5. The second-order valence-corrected chi connectivity index (χ2v) is 9.29. The molecular formula is C17H21N3O2S2. The molecule has 3 rings (SSSR count). The van der Waals surface area contributed by atoms with E-state index in [1.165, 1.54) is 11.1 Å². The SMILES string of the molecule is C=CCn1c(SCc2ccc(C)cc2)nnc1[C@@H]1CCS(=O)(=O)C1. The lowest BCUT2D eigenvalue weighted by molar-refractivity contribution is 0.597. The van der Waals surface area contributed by atoms with Gasteiger partial charge in [0.25, 0.3) is 0 Å². The predicted octanol–water partition coefficient (Wildman–Crippen LogP) is 2.97. The van der Waals surface area contributed by atoms with Gasteiger partial charge in [0.05, 0.1) is 11.5 Å². The molecule has 1 aliphatic rings. The molecule has 2 aromatic rings. The minimum atomic E-state index is -2.94. The van der Waals surface area contributed by atoms with E-state index >= 15 is 0 Å². The zero-order chi connectivity index (χ0) is 17.2. The molecule has 0 N–H and O–H groups in total. The number of allylic oxidation sites excluding steroid dienone is 1. The lowest BCUT2D eigenvalue weighted by Gasteiger charge is -2.11. The van der Waals surface area contributed by atoms with Crippen LogP contribution in [0, 0.1) is 6.92 Å². The Morgan fingerprint density at radius 2 is 2.08 bits per heavy atom. The number of sulfone groups is 1. The maximum Gasteiger partial charge on any atom is 0.191 e. The molecule has 0 spiro atoms. The maximum atomic E-state index is 11.7. The van der Waals surface area contributed by atoms with Crippen LogP contribution in [0.15, 0.2) is 42.1 Å². The summed E-state index contributed by atoms with van der Waals surface area (Å²) in [7, 11) is -2.94. The van der Waals surface area contributed by atoms with Crippen LogP contribution in [-0.4, -0.2) is 34.7 Å². The maximum absolute atomic E-state index is 11.7. The monoisotopic (exact) mass is 363 g/mol. The summed E-state index contributed by atoms with van der Waals surface area (Å²) in [6.45, 7) is 6.46. The van der Waals surface area contributed by atoms with Gasteiger partial charge < -0.3 is 4.57 Å². The highest BCUT2D eigenvalue weighted by Gasteiger charge is 2.33. The average Bonchev–Trinajstić information content (AvgIpc) is 3.10. The van der Waals surface area contributed by atoms with E-state index in [1.54, 1.807) is 17.8 Å². The third kappa shape index (κ3) is 3.89.